The molecule has 1 fully saturated rings. The zero-order valence-corrected chi connectivity index (χ0v) is 24.5. The zero-order valence-electron chi connectivity index (χ0n) is 22.9. The molecule has 2 amide bonds. The number of carbonyl (C=O) groups excluding carboxylic acids is 2. The molecule has 1 aliphatic carbocycles. The lowest BCUT2D eigenvalue weighted by Gasteiger charge is -2.32. The molecule has 0 aromatic heterocycles. The molecule has 40 heavy (non-hydrogen) atoms. The lowest BCUT2D eigenvalue weighted by atomic mass is 10.1. The van der Waals surface area contributed by atoms with Crippen LogP contribution in [0, 0.1) is 6.92 Å². The van der Waals surface area contributed by atoms with Gasteiger partial charge in [0, 0.05) is 17.6 Å². The van der Waals surface area contributed by atoms with Gasteiger partial charge in [-0.3, -0.25) is 13.9 Å². The van der Waals surface area contributed by atoms with Gasteiger partial charge in [-0.1, -0.05) is 66.9 Å². The molecular weight excluding hydrogens is 546 g/mol. The van der Waals surface area contributed by atoms with E-state index in [9.17, 15) is 18.0 Å². The minimum absolute atomic E-state index is 0.0223. The van der Waals surface area contributed by atoms with Crippen LogP contribution in [0.1, 0.15) is 43.7 Å². The summed E-state index contributed by atoms with van der Waals surface area (Å²) in [5.41, 5.74) is 2.24. The van der Waals surface area contributed by atoms with Crippen LogP contribution in [0.4, 0.5) is 5.69 Å². The number of nitrogens with one attached hydrogen (secondary N) is 1. The van der Waals surface area contributed by atoms with E-state index in [0.717, 1.165) is 41.1 Å². The molecule has 0 bridgehead atoms. The standard InChI is InChI=1S/C31H36ClN3O4S/c1-23-9-8-14-28(21-23)35(40(38,39)29-17-15-26(32)16-18-29)22-30(36)34(20-19-25-10-4-3-5-11-25)24(2)31(37)33-27-12-6-7-13-27/h3-5,8-11,14-18,21,24,27H,6-7,12-13,19-20,22H2,1-2H3,(H,33,37)/t24-/m0/s1. The van der Waals surface area contributed by atoms with Crippen molar-refractivity contribution in [2.75, 3.05) is 17.4 Å². The van der Waals surface area contributed by atoms with Gasteiger partial charge in [-0.25, -0.2) is 8.42 Å². The summed E-state index contributed by atoms with van der Waals surface area (Å²) < 4.78 is 28.8. The molecule has 1 aliphatic rings. The maximum atomic E-state index is 14.0. The lowest BCUT2D eigenvalue weighted by molar-refractivity contribution is -0.139. The van der Waals surface area contributed by atoms with Crippen LogP contribution in [-0.4, -0.2) is 50.3 Å². The van der Waals surface area contributed by atoms with Gasteiger partial charge in [-0.15, -0.1) is 0 Å². The number of nitrogens with zero attached hydrogens (tertiary/aromatic N) is 2. The number of aryl methyl sites for hydroxylation is 1. The minimum atomic E-state index is -4.12. The fourth-order valence-corrected chi connectivity index (χ4v) is 6.54. The summed E-state index contributed by atoms with van der Waals surface area (Å²) in [5, 5.41) is 3.50. The van der Waals surface area contributed by atoms with Crippen LogP contribution >= 0.6 is 11.6 Å². The van der Waals surface area contributed by atoms with Crippen molar-refractivity contribution in [1.82, 2.24) is 10.2 Å². The number of rotatable bonds is 11. The van der Waals surface area contributed by atoms with E-state index in [-0.39, 0.29) is 23.4 Å². The Morgan fingerprint density at radius 3 is 2.30 bits per heavy atom. The summed E-state index contributed by atoms with van der Waals surface area (Å²) in [4.78, 5) is 28.7. The molecule has 3 aromatic carbocycles. The van der Waals surface area contributed by atoms with E-state index < -0.39 is 28.5 Å². The summed E-state index contributed by atoms with van der Waals surface area (Å²) in [6, 6.07) is 21.9. The molecule has 0 saturated heterocycles. The highest BCUT2D eigenvalue weighted by Crippen LogP contribution is 2.26. The summed E-state index contributed by atoms with van der Waals surface area (Å²) in [6.07, 6.45) is 4.53. The maximum absolute atomic E-state index is 14.0. The van der Waals surface area contributed by atoms with Gasteiger partial charge in [0.2, 0.25) is 11.8 Å². The highest BCUT2D eigenvalue weighted by atomic mass is 35.5. The maximum Gasteiger partial charge on any atom is 0.264 e. The van der Waals surface area contributed by atoms with E-state index in [0.29, 0.717) is 17.1 Å². The quantitative estimate of drug-likeness (QED) is 0.330. The van der Waals surface area contributed by atoms with E-state index in [1.54, 1.807) is 25.1 Å². The first-order valence-electron chi connectivity index (χ1n) is 13.6. The molecule has 1 saturated carbocycles. The van der Waals surface area contributed by atoms with Gasteiger partial charge < -0.3 is 10.2 Å². The van der Waals surface area contributed by atoms with E-state index in [4.69, 9.17) is 11.6 Å². The van der Waals surface area contributed by atoms with Gasteiger partial charge >= 0.3 is 0 Å². The number of hydrogen-bond acceptors (Lipinski definition) is 4. The number of sulfonamides is 1. The van der Waals surface area contributed by atoms with Crippen LogP contribution < -0.4 is 9.62 Å². The van der Waals surface area contributed by atoms with Crippen LogP contribution in [0.15, 0.2) is 83.8 Å². The third kappa shape index (κ3) is 7.43. The van der Waals surface area contributed by atoms with Crippen molar-refractivity contribution in [2.24, 2.45) is 0 Å². The Balaban J connectivity index is 1.64. The number of hydrogen-bond donors (Lipinski definition) is 1. The van der Waals surface area contributed by atoms with Crippen molar-refractivity contribution in [1.29, 1.82) is 0 Å². The van der Waals surface area contributed by atoms with Gasteiger partial charge in [0.15, 0.2) is 0 Å². The molecule has 0 radical (unpaired) electrons. The number of amides is 2. The molecule has 4 rings (SSSR count). The smallest absolute Gasteiger partial charge is 0.264 e. The molecule has 212 valence electrons. The number of carbonyl (C=O) groups is 2. The SMILES string of the molecule is Cc1cccc(N(CC(=O)N(CCc2ccccc2)[C@@H](C)C(=O)NC2CCCC2)S(=O)(=O)c2ccc(Cl)cc2)c1. The molecule has 0 unspecified atom stereocenters. The fourth-order valence-electron chi connectivity index (χ4n) is 5.01. The first-order valence-corrected chi connectivity index (χ1v) is 15.5. The summed E-state index contributed by atoms with van der Waals surface area (Å²) in [6.45, 7) is 3.38. The Bertz CT molecular complexity index is 1410. The van der Waals surface area contributed by atoms with E-state index in [1.807, 2.05) is 43.3 Å². The van der Waals surface area contributed by atoms with E-state index in [2.05, 4.69) is 5.32 Å². The predicted molar refractivity (Wildman–Crippen MR) is 159 cm³/mol. The normalized spacial score (nSPS) is 14.5. The molecule has 0 heterocycles. The van der Waals surface area contributed by atoms with Gasteiger partial charge in [0.1, 0.15) is 12.6 Å². The van der Waals surface area contributed by atoms with Crippen LogP contribution in [0.2, 0.25) is 5.02 Å². The van der Waals surface area contributed by atoms with Crippen molar-refractivity contribution in [3.8, 4) is 0 Å². The fraction of sp³-hybridized carbons (Fsp3) is 0.355. The monoisotopic (exact) mass is 581 g/mol. The van der Waals surface area contributed by atoms with Crippen molar-refractivity contribution < 1.29 is 18.0 Å². The van der Waals surface area contributed by atoms with E-state index >= 15 is 0 Å². The number of anilines is 1. The first-order chi connectivity index (χ1) is 19.1. The van der Waals surface area contributed by atoms with E-state index in [1.165, 1.54) is 29.2 Å². The van der Waals surface area contributed by atoms with Crippen molar-refractivity contribution in [2.45, 2.75) is 62.9 Å². The largest absolute Gasteiger partial charge is 0.352 e. The zero-order chi connectivity index (χ0) is 28.7. The highest BCUT2D eigenvalue weighted by molar-refractivity contribution is 7.92. The Kier molecular flexibility index (Phi) is 9.87. The summed E-state index contributed by atoms with van der Waals surface area (Å²) >= 11 is 6.01. The summed E-state index contributed by atoms with van der Waals surface area (Å²) in [7, 11) is -4.12. The molecule has 0 spiro atoms. The van der Waals surface area contributed by atoms with Crippen LogP contribution in [0.3, 0.4) is 0 Å². The second-order valence-corrected chi connectivity index (χ2v) is 12.6. The Hall–Kier alpha value is -3.36. The van der Waals surface area contributed by atoms with Crippen LogP contribution in [0.25, 0.3) is 0 Å². The van der Waals surface area contributed by atoms with Crippen LogP contribution in [-0.2, 0) is 26.0 Å². The van der Waals surface area contributed by atoms with Gasteiger partial charge in [-0.2, -0.15) is 0 Å². The van der Waals surface area contributed by atoms with Crippen LogP contribution in [0.5, 0.6) is 0 Å². The Morgan fingerprint density at radius 1 is 0.975 bits per heavy atom. The molecule has 0 aliphatic heterocycles. The van der Waals surface area contributed by atoms with Gasteiger partial charge in [-0.05, 0) is 80.6 Å². The topological polar surface area (TPSA) is 86.8 Å². The van der Waals surface area contributed by atoms with Crippen molar-refractivity contribution >= 4 is 39.1 Å². The third-order valence-electron chi connectivity index (χ3n) is 7.32. The Morgan fingerprint density at radius 2 is 1.65 bits per heavy atom. The molecular formula is C31H36ClN3O4S. The molecule has 3 aromatic rings. The average molecular weight is 582 g/mol. The van der Waals surface area contributed by atoms with Crippen molar-refractivity contribution in [3.63, 3.8) is 0 Å². The highest BCUT2D eigenvalue weighted by Gasteiger charge is 2.33. The molecule has 7 nitrogen and oxygen atoms in total. The third-order valence-corrected chi connectivity index (χ3v) is 9.36. The predicted octanol–water partition coefficient (Wildman–Crippen LogP) is 5.36. The summed E-state index contributed by atoms with van der Waals surface area (Å²) in [5.74, 6) is -0.681. The minimum Gasteiger partial charge on any atom is -0.352 e. The number of halogens is 1. The number of benzene rings is 3. The average Bonchev–Trinajstić information content (AvgIpc) is 3.45. The second kappa shape index (κ2) is 13.3. The van der Waals surface area contributed by atoms with Gasteiger partial charge in [0.25, 0.3) is 10.0 Å². The second-order valence-electron chi connectivity index (χ2n) is 10.3. The molecule has 9 heteroatoms. The van der Waals surface area contributed by atoms with Crippen molar-refractivity contribution in [3.05, 3.63) is 95.0 Å². The lowest BCUT2D eigenvalue weighted by Crippen LogP contribution is -2.53. The van der Waals surface area contributed by atoms with Gasteiger partial charge in [0.05, 0.1) is 10.6 Å². The first kappa shape index (κ1) is 29.6. The molecule has 1 N–H and O–H groups in total. The Labute approximate surface area is 242 Å². The molecule has 1 atom stereocenters.